The lowest BCUT2D eigenvalue weighted by atomic mass is 9.77. The van der Waals surface area contributed by atoms with Crippen LogP contribution in [0, 0.1) is 6.92 Å². The largest absolute Gasteiger partial charge is 0.336 e. The molecule has 0 bridgehead atoms. The van der Waals surface area contributed by atoms with Crippen LogP contribution >= 0.6 is 11.6 Å². The first-order valence-electron chi connectivity index (χ1n) is 12.7. The number of fused-ring (bicyclic) bond motifs is 1. The summed E-state index contributed by atoms with van der Waals surface area (Å²) in [6.07, 6.45) is 1.46. The van der Waals surface area contributed by atoms with Gasteiger partial charge in [-0.15, -0.1) is 0 Å². The van der Waals surface area contributed by atoms with Gasteiger partial charge in [-0.3, -0.25) is 0 Å². The first kappa shape index (κ1) is 25.8. The number of aryl methyl sites for hydroxylation is 1. The highest BCUT2D eigenvalue weighted by atomic mass is 35.5. The van der Waals surface area contributed by atoms with Crippen LogP contribution in [0.15, 0.2) is 132 Å². The van der Waals surface area contributed by atoms with E-state index in [9.17, 15) is 8.42 Å². The van der Waals surface area contributed by atoms with E-state index in [1.807, 2.05) is 97.9 Å². The maximum absolute atomic E-state index is 13.6. The summed E-state index contributed by atoms with van der Waals surface area (Å²) in [4.78, 5) is 9.48. The van der Waals surface area contributed by atoms with Crippen LogP contribution in [0.4, 0.5) is 5.95 Å². The van der Waals surface area contributed by atoms with Crippen LogP contribution in [-0.4, -0.2) is 22.4 Å². The van der Waals surface area contributed by atoms with Gasteiger partial charge in [0.15, 0.2) is 5.65 Å². The molecule has 0 saturated carbocycles. The average Bonchev–Trinajstić information content (AvgIpc) is 3.43. The first-order chi connectivity index (χ1) is 19.4. The number of hydrogen-bond acceptors (Lipinski definition) is 5. The molecule has 6 aromatic rings. The molecule has 0 radical (unpaired) electrons. The third kappa shape index (κ3) is 4.43. The molecule has 2 heterocycles. The van der Waals surface area contributed by atoms with Crippen molar-refractivity contribution in [1.82, 2.24) is 13.9 Å². The molecular formula is C32H25ClN4O2S. The van der Waals surface area contributed by atoms with Gasteiger partial charge in [0.25, 0.3) is 10.0 Å². The van der Waals surface area contributed by atoms with Crippen molar-refractivity contribution in [2.24, 2.45) is 0 Å². The van der Waals surface area contributed by atoms with Crippen LogP contribution < -0.4 is 5.32 Å². The number of nitrogens with one attached hydrogen (secondary N) is 1. The zero-order chi connectivity index (χ0) is 27.7. The molecule has 0 aliphatic heterocycles. The number of hydrogen-bond donors (Lipinski definition) is 1. The summed E-state index contributed by atoms with van der Waals surface area (Å²) in [5.74, 6) is 0.188. The topological polar surface area (TPSA) is 76.9 Å². The maximum atomic E-state index is 13.6. The molecule has 0 aliphatic rings. The van der Waals surface area contributed by atoms with Crippen molar-refractivity contribution in [3.8, 4) is 0 Å². The zero-order valence-electron chi connectivity index (χ0n) is 21.6. The van der Waals surface area contributed by atoms with Gasteiger partial charge in [-0.2, -0.15) is 4.98 Å². The smallest absolute Gasteiger partial charge is 0.269 e. The van der Waals surface area contributed by atoms with E-state index in [-0.39, 0.29) is 21.6 Å². The molecule has 40 heavy (non-hydrogen) atoms. The lowest BCUT2D eigenvalue weighted by Crippen LogP contribution is -2.38. The van der Waals surface area contributed by atoms with Gasteiger partial charge >= 0.3 is 0 Å². The molecule has 198 valence electrons. The third-order valence-corrected chi connectivity index (χ3v) is 8.93. The average molecular weight is 565 g/mol. The molecule has 0 saturated heterocycles. The van der Waals surface area contributed by atoms with Crippen molar-refractivity contribution in [3.63, 3.8) is 0 Å². The van der Waals surface area contributed by atoms with Crippen LogP contribution in [0.3, 0.4) is 0 Å². The molecule has 0 spiro atoms. The van der Waals surface area contributed by atoms with Crippen LogP contribution in [0.2, 0.25) is 5.15 Å². The number of rotatable bonds is 7. The first-order valence-corrected chi connectivity index (χ1v) is 14.5. The Morgan fingerprint density at radius 3 is 1.70 bits per heavy atom. The van der Waals surface area contributed by atoms with Gasteiger partial charge in [0.2, 0.25) is 5.95 Å². The summed E-state index contributed by atoms with van der Waals surface area (Å²) >= 11 is 6.66. The Morgan fingerprint density at radius 2 is 1.20 bits per heavy atom. The molecular weight excluding hydrogens is 540 g/mol. The Labute approximate surface area is 238 Å². The van der Waals surface area contributed by atoms with Crippen LogP contribution in [0.1, 0.15) is 22.3 Å². The molecule has 0 amide bonds. The second-order valence-corrected chi connectivity index (χ2v) is 11.7. The third-order valence-electron chi connectivity index (χ3n) is 6.96. The molecule has 4 aromatic carbocycles. The SMILES string of the molecule is Cc1ccc(S(=O)(=O)n2ccc3c(Cl)nc(NC(c4ccccc4)(c4ccccc4)c4ccccc4)nc32)cc1. The van der Waals surface area contributed by atoms with Gasteiger partial charge < -0.3 is 5.32 Å². The van der Waals surface area contributed by atoms with Crippen molar-refractivity contribution in [1.29, 1.82) is 0 Å². The second-order valence-electron chi connectivity index (χ2n) is 9.48. The van der Waals surface area contributed by atoms with E-state index in [0.29, 0.717) is 5.39 Å². The Kier molecular flexibility index (Phi) is 6.62. The van der Waals surface area contributed by atoms with Crippen molar-refractivity contribution >= 4 is 38.6 Å². The quantitative estimate of drug-likeness (QED) is 0.166. The maximum Gasteiger partial charge on any atom is 0.269 e. The minimum Gasteiger partial charge on any atom is -0.336 e. The second kappa shape index (κ2) is 10.3. The number of aromatic nitrogens is 3. The molecule has 0 aliphatic carbocycles. The fourth-order valence-electron chi connectivity index (χ4n) is 4.98. The van der Waals surface area contributed by atoms with E-state index in [2.05, 4.69) is 10.3 Å². The molecule has 0 unspecified atom stereocenters. The Bertz CT molecular complexity index is 1800. The van der Waals surface area contributed by atoms with Crippen molar-refractivity contribution in [2.45, 2.75) is 17.4 Å². The van der Waals surface area contributed by atoms with Gasteiger partial charge in [-0.25, -0.2) is 17.4 Å². The monoisotopic (exact) mass is 564 g/mol. The zero-order valence-corrected chi connectivity index (χ0v) is 23.1. The summed E-state index contributed by atoms with van der Waals surface area (Å²) < 4.78 is 28.4. The number of nitrogens with zero attached hydrogens (tertiary/aromatic N) is 3. The van der Waals surface area contributed by atoms with Gasteiger partial charge in [0.05, 0.1) is 10.3 Å². The van der Waals surface area contributed by atoms with E-state index >= 15 is 0 Å². The molecule has 8 heteroatoms. The summed E-state index contributed by atoms with van der Waals surface area (Å²) in [7, 11) is -3.93. The predicted molar refractivity (Wildman–Crippen MR) is 159 cm³/mol. The normalized spacial score (nSPS) is 11.9. The Balaban J connectivity index is 1.57. The van der Waals surface area contributed by atoms with Gasteiger partial charge in [0.1, 0.15) is 10.7 Å². The van der Waals surface area contributed by atoms with Crippen LogP contribution in [0.25, 0.3) is 11.0 Å². The van der Waals surface area contributed by atoms with E-state index in [1.54, 1.807) is 30.3 Å². The van der Waals surface area contributed by atoms with E-state index in [0.717, 1.165) is 26.2 Å². The minimum absolute atomic E-state index is 0.147. The van der Waals surface area contributed by atoms with Gasteiger partial charge in [0, 0.05) is 6.20 Å². The Morgan fingerprint density at radius 1 is 0.700 bits per heavy atom. The number of benzene rings is 4. The molecule has 6 rings (SSSR count). The molecule has 2 aromatic heterocycles. The van der Waals surface area contributed by atoms with Gasteiger partial charge in [-0.05, 0) is 41.8 Å². The van der Waals surface area contributed by atoms with Crippen LogP contribution in [-0.2, 0) is 15.6 Å². The van der Waals surface area contributed by atoms with Crippen molar-refractivity contribution in [3.05, 3.63) is 155 Å². The lowest BCUT2D eigenvalue weighted by Gasteiger charge is -2.37. The van der Waals surface area contributed by atoms with Gasteiger partial charge in [-0.1, -0.05) is 120 Å². The highest BCUT2D eigenvalue weighted by molar-refractivity contribution is 7.90. The fraction of sp³-hybridized carbons (Fsp3) is 0.0625. The highest BCUT2D eigenvalue weighted by Crippen LogP contribution is 2.40. The van der Waals surface area contributed by atoms with E-state index in [1.165, 1.54) is 6.20 Å². The standard InChI is InChI=1S/C32H25ClN4O2S/c1-23-17-19-27(20-18-23)40(38,39)37-22-21-28-29(33)34-31(35-30(28)37)36-32(24-11-5-2-6-12-24,25-13-7-3-8-14-25)26-15-9-4-10-16-26/h2-22H,1H3,(H,34,35,36). The van der Waals surface area contributed by atoms with Crippen molar-refractivity contribution in [2.75, 3.05) is 5.32 Å². The summed E-state index contributed by atoms with van der Waals surface area (Å²) in [5, 5.41) is 4.16. The van der Waals surface area contributed by atoms with Crippen LogP contribution in [0.5, 0.6) is 0 Å². The highest BCUT2D eigenvalue weighted by Gasteiger charge is 2.37. The molecule has 0 fully saturated rings. The number of halogens is 1. The Hall–Kier alpha value is -4.46. The van der Waals surface area contributed by atoms with E-state index < -0.39 is 15.6 Å². The summed E-state index contributed by atoms with van der Waals surface area (Å²) in [6, 6.07) is 38.3. The molecule has 1 N–H and O–H groups in total. The summed E-state index contributed by atoms with van der Waals surface area (Å²) in [6.45, 7) is 1.91. The van der Waals surface area contributed by atoms with E-state index in [4.69, 9.17) is 16.6 Å². The summed E-state index contributed by atoms with van der Waals surface area (Å²) in [5.41, 5.74) is 3.10. The minimum atomic E-state index is -3.93. The molecule has 6 nitrogen and oxygen atoms in total. The lowest BCUT2D eigenvalue weighted by molar-refractivity contribution is 0.588. The molecule has 0 atom stereocenters. The number of anilines is 1. The predicted octanol–water partition coefficient (Wildman–Crippen LogP) is 7.03. The fourth-order valence-corrected chi connectivity index (χ4v) is 6.50. The van der Waals surface area contributed by atoms with Crippen molar-refractivity contribution < 1.29 is 8.42 Å².